The maximum Gasteiger partial charge on any atom is 0.243 e. The smallest absolute Gasteiger partial charge is 0.243 e. The number of carbonyl (C=O) groups excluding carboxylic acids is 2. The Morgan fingerprint density at radius 1 is 1.14 bits per heavy atom. The average Bonchev–Trinajstić information content (AvgIpc) is 2.46. The summed E-state index contributed by atoms with van der Waals surface area (Å²) in [7, 11) is 0. The average molecular weight is 302 g/mol. The van der Waals surface area contributed by atoms with Crippen LogP contribution in [-0.4, -0.2) is 23.1 Å². The number of carbonyl (C=O) groups is 2. The number of hydrogen-bond acceptors (Lipinski definition) is 3. The highest BCUT2D eigenvalue weighted by molar-refractivity contribution is 5.76. The van der Waals surface area contributed by atoms with E-state index in [1.165, 1.54) is 6.08 Å². The predicted octanol–water partition coefficient (Wildman–Crippen LogP) is 2.43. The van der Waals surface area contributed by atoms with Crippen molar-refractivity contribution < 1.29 is 23.6 Å². The summed E-state index contributed by atoms with van der Waals surface area (Å²) in [6.07, 6.45) is 5.76. The van der Waals surface area contributed by atoms with Gasteiger partial charge in [0.1, 0.15) is 5.83 Å². The Bertz CT molecular complexity index is 436. The van der Waals surface area contributed by atoms with Gasteiger partial charge in [0.25, 0.3) is 0 Å². The molecular weight excluding hydrogens is 282 g/mol. The number of unbranched alkanes of at least 4 members (excludes halogenated alkanes) is 3. The lowest BCUT2D eigenvalue weighted by atomic mass is 10.1. The van der Waals surface area contributed by atoms with E-state index in [1.54, 1.807) is 5.48 Å². The predicted molar refractivity (Wildman–Crippen MR) is 72.6 cm³/mol. The highest BCUT2D eigenvalue weighted by Gasteiger charge is 2.17. The lowest BCUT2D eigenvalue weighted by Crippen LogP contribution is -2.34. The summed E-state index contributed by atoms with van der Waals surface area (Å²) >= 11 is 0. The van der Waals surface area contributed by atoms with Crippen molar-refractivity contribution in [2.24, 2.45) is 0 Å². The zero-order valence-electron chi connectivity index (χ0n) is 11.7. The minimum absolute atomic E-state index is 0.148. The van der Waals surface area contributed by atoms with E-state index in [2.05, 4.69) is 5.32 Å². The highest BCUT2D eigenvalue weighted by Crippen LogP contribution is 2.21. The van der Waals surface area contributed by atoms with E-state index in [-0.39, 0.29) is 18.7 Å². The van der Waals surface area contributed by atoms with Crippen molar-refractivity contribution in [3.8, 4) is 0 Å². The summed E-state index contributed by atoms with van der Waals surface area (Å²) in [6.45, 7) is 0. The second kappa shape index (κ2) is 9.23. The number of rotatable bonds is 8. The van der Waals surface area contributed by atoms with Crippen molar-refractivity contribution in [2.45, 2.75) is 51.0 Å². The zero-order valence-corrected chi connectivity index (χ0v) is 11.7. The molecule has 118 valence electrons. The van der Waals surface area contributed by atoms with Crippen LogP contribution in [0.25, 0.3) is 0 Å². The van der Waals surface area contributed by atoms with Gasteiger partial charge in [-0.05, 0) is 18.9 Å². The first-order valence-corrected chi connectivity index (χ1v) is 6.97. The van der Waals surface area contributed by atoms with Crippen molar-refractivity contribution in [1.82, 2.24) is 10.8 Å². The van der Waals surface area contributed by atoms with E-state index >= 15 is 0 Å². The molecule has 0 bridgehead atoms. The molecule has 0 saturated heterocycles. The zero-order chi connectivity index (χ0) is 15.7. The quantitative estimate of drug-likeness (QED) is 0.366. The number of allylic oxidation sites excluding steroid dienone is 2. The first-order chi connectivity index (χ1) is 10.0. The van der Waals surface area contributed by atoms with E-state index in [0.29, 0.717) is 19.3 Å². The Morgan fingerprint density at radius 3 is 2.33 bits per heavy atom. The second-order valence-corrected chi connectivity index (χ2v) is 4.94. The van der Waals surface area contributed by atoms with Gasteiger partial charge in [0, 0.05) is 19.3 Å². The first-order valence-electron chi connectivity index (χ1n) is 6.97. The van der Waals surface area contributed by atoms with Gasteiger partial charge in [-0.1, -0.05) is 18.9 Å². The van der Waals surface area contributed by atoms with Crippen molar-refractivity contribution in [3.63, 3.8) is 0 Å². The Balaban J connectivity index is 2.07. The third kappa shape index (κ3) is 6.99. The van der Waals surface area contributed by atoms with Gasteiger partial charge in [-0.3, -0.25) is 14.8 Å². The largest absolute Gasteiger partial charge is 0.349 e. The molecule has 1 unspecified atom stereocenters. The van der Waals surface area contributed by atoms with Crippen LogP contribution in [0, 0.1) is 0 Å². The Kier molecular flexibility index (Phi) is 7.60. The van der Waals surface area contributed by atoms with Crippen LogP contribution in [0.2, 0.25) is 0 Å². The molecule has 0 spiro atoms. The summed E-state index contributed by atoms with van der Waals surface area (Å²) < 4.78 is 25.8. The van der Waals surface area contributed by atoms with Gasteiger partial charge in [0.2, 0.25) is 11.8 Å². The molecule has 7 heteroatoms. The van der Waals surface area contributed by atoms with E-state index in [4.69, 9.17) is 5.21 Å². The van der Waals surface area contributed by atoms with Crippen LogP contribution in [0.1, 0.15) is 44.9 Å². The fraction of sp³-hybridized carbons (Fsp3) is 0.571. The standard InChI is InChI=1S/C14H20F2N2O3/c15-11-8-7-10(9-12(11)16)17-13(19)5-3-1-2-4-6-14(20)18-21/h7-8,10,21H,1-6,9H2,(H,17,19)(H,18,20). The first kappa shape index (κ1) is 17.3. The molecule has 1 rings (SSSR count). The van der Waals surface area contributed by atoms with Crippen molar-refractivity contribution in [1.29, 1.82) is 0 Å². The van der Waals surface area contributed by atoms with Crippen LogP contribution in [0.5, 0.6) is 0 Å². The van der Waals surface area contributed by atoms with E-state index in [0.717, 1.165) is 18.9 Å². The molecule has 0 aromatic rings. The molecule has 0 radical (unpaired) electrons. The summed E-state index contributed by atoms with van der Waals surface area (Å²) in [5.41, 5.74) is 1.56. The fourth-order valence-electron chi connectivity index (χ4n) is 2.01. The molecule has 1 aliphatic rings. The van der Waals surface area contributed by atoms with Gasteiger partial charge in [0.05, 0.1) is 6.04 Å². The molecule has 0 aromatic heterocycles. The Hall–Kier alpha value is -1.76. The monoisotopic (exact) mass is 302 g/mol. The normalized spacial score (nSPS) is 17.8. The number of hydrogen-bond donors (Lipinski definition) is 3. The van der Waals surface area contributed by atoms with Crippen LogP contribution < -0.4 is 10.8 Å². The van der Waals surface area contributed by atoms with Crippen LogP contribution in [-0.2, 0) is 9.59 Å². The fourth-order valence-corrected chi connectivity index (χ4v) is 2.01. The second-order valence-electron chi connectivity index (χ2n) is 4.94. The van der Waals surface area contributed by atoms with Crippen molar-refractivity contribution in [2.75, 3.05) is 0 Å². The van der Waals surface area contributed by atoms with Crippen molar-refractivity contribution >= 4 is 11.8 Å². The van der Waals surface area contributed by atoms with Gasteiger partial charge in [-0.2, -0.15) is 0 Å². The highest BCUT2D eigenvalue weighted by atomic mass is 19.2. The lowest BCUT2D eigenvalue weighted by molar-refractivity contribution is -0.129. The van der Waals surface area contributed by atoms with Crippen LogP contribution >= 0.6 is 0 Å². The van der Waals surface area contributed by atoms with Gasteiger partial charge < -0.3 is 5.32 Å². The van der Waals surface area contributed by atoms with Crippen LogP contribution in [0.4, 0.5) is 8.78 Å². The molecule has 3 N–H and O–H groups in total. The van der Waals surface area contributed by atoms with Crippen molar-refractivity contribution in [3.05, 3.63) is 23.8 Å². The molecule has 0 saturated carbocycles. The Morgan fingerprint density at radius 2 is 1.76 bits per heavy atom. The molecular formula is C14H20F2N2O3. The SMILES string of the molecule is O=C(CCCCCCC(=O)NC1C=CC(F)=C(F)C1)NO. The number of halogens is 2. The molecule has 0 fully saturated rings. The minimum Gasteiger partial charge on any atom is -0.349 e. The lowest BCUT2D eigenvalue weighted by Gasteiger charge is -2.17. The molecule has 0 aliphatic heterocycles. The Labute approximate surface area is 122 Å². The topological polar surface area (TPSA) is 78.4 Å². The van der Waals surface area contributed by atoms with Gasteiger partial charge in [-0.25, -0.2) is 14.3 Å². The number of nitrogens with one attached hydrogen (secondary N) is 2. The number of amides is 2. The van der Waals surface area contributed by atoms with E-state index < -0.39 is 23.6 Å². The van der Waals surface area contributed by atoms with E-state index in [9.17, 15) is 18.4 Å². The molecule has 0 aromatic carbocycles. The summed E-state index contributed by atoms with van der Waals surface area (Å²) in [6, 6.07) is -0.495. The molecule has 0 heterocycles. The van der Waals surface area contributed by atoms with Gasteiger partial charge >= 0.3 is 0 Å². The maximum atomic E-state index is 13.0. The third-order valence-electron chi connectivity index (χ3n) is 3.16. The minimum atomic E-state index is -0.882. The summed E-state index contributed by atoms with van der Waals surface area (Å²) in [5.74, 6) is -2.34. The molecule has 1 atom stereocenters. The molecule has 1 aliphatic carbocycles. The maximum absolute atomic E-state index is 13.0. The summed E-state index contributed by atoms with van der Waals surface area (Å²) in [5, 5.41) is 10.9. The number of hydroxylamine groups is 1. The summed E-state index contributed by atoms with van der Waals surface area (Å²) in [4.78, 5) is 22.3. The molecule has 5 nitrogen and oxygen atoms in total. The van der Waals surface area contributed by atoms with Crippen LogP contribution in [0.3, 0.4) is 0 Å². The van der Waals surface area contributed by atoms with Gasteiger partial charge in [-0.15, -0.1) is 0 Å². The third-order valence-corrected chi connectivity index (χ3v) is 3.16. The molecule has 2 amide bonds. The molecule has 21 heavy (non-hydrogen) atoms. The van der Waals surface area contributed by atoms with Crippen LogP contribution in [0.15, 0.2) is 23.8 Å². The van der Waals surface area contributed by atoms with Gasteiger partial charge in [0.15, 0.2) is 5.83 Å². The van der Waals surface area contributed by atoms with E-state index in [1.807, 2.05) is 0 Å².